The topological polar surface area (TPSA) is 302 Å². The standard InChI is InChI=1S/C26H41N5O14/c1-10(28-22(36)11(2)44-20-18(29-12(3)32)26-43-9-16(45-26)19(20)34)21(35)31-15(25(41)42)7-8-17(33)30-14(24(39)40)6-4-5-13(27)23(37)38/h10-11,13-16,18-20,26,34H,4-9,27H2,1-3H3,(H,28,36)(H,29,32)(H,30,33)(H,31,35)(H,37,38)(H,39,40)(H,41,42)/t10-,11+,13-,14-,15+,16+,18+,19+,20+,26+/m0/s1. The van der Waals surface area contributed by atoms with Crippen molar-refractivity contribution in [3.05, 3.63) is 0 Å². The van der Waals surface area contributed by atoms with E-state index >= 15 is 0 Å². The Morgan fingerprint density at radius 1 is 0.889 bits per heavy atom. The van der Waals surface area contributed by atoms with E-state index in [4.69, 9.17) is 25.1 Å². The summed E-state index contributed by atoms with van der Waals surface area (Å²) in [5, 5.41) is 47.7. The lowest BCUT2D eigenvalue weighted by Gasteiger charge is -2.39. The Labute approximate surface area is 257 Å². The van der Waals surface area contributed by atoms with Gasteiger partial charge in [0.15, 0.2) is 6.29 Å². The van der Waals surface area contributed by atoms with Crippen molar-refractivity contribution in [2.45, 2.75) is 114 Å². The molecule has 45 heavy (non-hydrogen) atoms. The molecule has 0 saturated carbocycles. The van der Waals surface area contributed by atoms with Crippen LogP contribution in [0, 0.1) is 0 Å². The summed E-state index contributed by atoms with van der Waals surface area (Å²) in [5.74, 6) is -7.08. The van der Waals surface area contributed by atoms with Crippen LogP contribution >= 0.6 is 0 Å². The summed E-state index contributed by atoms with van der Waals surface area (Å²) >= 11 is 0. The van der Waals surface area contributed by atoms with Crippen molar-refractivity contribution in [1.29, 1.82) is 0 Å². The summed E-state index contributed by atoms with van der Waals surface area (Å²) in [5.41, 5.74) is 5.38. The van der Waals surface area contributed by atoms with Crippen LogP contribution in [0.3, 0.4) is 0 Å². The molecule has 2 heterocycles. The molecule has 2 bridgehead atoms. The number of rotatable bonds is 18. The number of carboxylic acid groups (broad SMARTS) is 3. The number of carbonyl (C=O) groups is 7. The Hall–Kier alpha value is -3.91. The maximum Gasteiger partial charge on any atom is 0.326 e. The molecular weight excluding hydrogens is 606 g/mol. The summed E-state index contributed by atoms with van der Waals surface area (Å²) < 4.78 is 16.7. The third kappa shape index (κ3) is 11.2. The van der Waals surface area contributed by atoms with Gasteiger partial charge in [-0.3, -0.25) is 24.0 Å². The first-order chi connectivity index (χ1) is 21.0. The molecule has 0 aromatic heterocycles. The molecule has 19 nitrogen and oxygen atoms in total. The van der Waals surface area contributed by atoms with Crippen molar-refractivity contribution in [1.82, 2.24) is 21.3 Å². The molecule has 2 saturated heterocycles. The molecule has 2 aliphatic heterocycles. The van der Waals surface area contributed by atoms with E-state index in [0.717, 1.165) is 0 Å². The molecule has 0 unspecified atom stereocenters. The van der Waals surface area contributed by atoms with Gasteiger partial charge in [0.2, 0.25) is 23.6 Å². The molecule has 2 fully saturated rings. The second kappa shape index (κ2) is 17.0. The summed E-state index contributed by atoms with van der Waals surface area (Å²) in [6.07, 6.45) is -6.15. The predicted molar refractivity (Wildman–Crippen MR) is 148 cm³/mol. The summed E-state index contributed by atoms with van der Waals surface area (Å²) in [7, 11) is 0. The van der Waals surface area contributed by atoms with Gasteiger partial charge in [0.25, 0.3) is 0 Å². The van der Waals surface area contributed by atoms with Crippen molar-refractivity contribution < 1.29 is 68.2 Å². The number of carboxylic acids is 3. The normalized spacial score (nSPS) is 25.5. The fourth-order valence-corrected chi connectivity index (χ4v) is 4.65. The van der Waals surface area contributed by atoms with E-state index in [9.17, 15) is 48.9 Å². The van der Waals surface area contributed by atoms with E-state index in [2.05, 4.69) is 21.3 Å². The van der Waals surface area contributed by atoms with Crippen LogP contribution in [0.25, 0.3) is 0 Å². The van der Waals surface area contributed by atoms with Crippen LogP contribution in [-0.2, 0) is 47.8 Å². The van der Waals surface area contributed by atoms with Gasteiger partial charge >= 0.3 is 17.9 Å². The lowest BCUT2D eigenvalue weighted by molar-refractivity contribution is -0.209. The molecule has 2 aliphatic rings. The highest BCUT2D eigenvalue weighted by Crippen LogP contribution is 2.30. The van der Waals surface area contributed by atoms with Crippen LogP contribution in [0.2, 0.25) is 0 Å². The van der Waals surface area contributed by atoms with Gasteiger partial charge in [0.1, 0.15) is 54.6 Å². The molecule has 0 aromatic rings. The van der Waals surface area contributed by atoms with Crippen LogP contribution < -0.4 is 27.0 Å². The quantitative estimate of drug-likeness (QED) is 0.0694. The molecule has 0 spiro atoms. The first-order valence-electron chi connectivity index (χ1n) is 14.2. The third-order valence-corrected chi connectivity index (χ3v) is 7.18. The van der Waals surface area contributed by atoms with Gasteiger partial charge in [-0.1, -0.05) is 0 Å². The molecule has 19 heteroatoms. The first-order valence-corrected chi connectivity index (χ1v) is 14.2. The first kappa shape index (κ1) is 37.3. The zero-order valence-electron chi connectivity index (χ0n) is 25.0. The van der Waals surface area contributed by atoms with Crippen molar-refractivity contribution in [3.63, 3.8) is 0 Å². The van der Waals surface area contributed by atoms with Crippen LogP contribution in [0.15, 0.2) is 0 Å². The highest BCUT2D eigenvalue weighted by molar-refractivity contribution is 5.91. The van der Waals surface area contributed by atoms with Crippen LogP contribution in [0.4, 0.5) is 0 Å². The van der Waals surface area contributed by atoms with Crippen molar-refractivity contribution in [2.75, 3.05) is 6.61 Å². The van der Waals surface area contributed by atoms with E-state index in [0.29, 0.717) is 0 Å². The average molecular weight is 648 g/mol. The molecule has 254 valence electrons. The van der Waals surface area contributed by atoms with E-state index in [-0.39, 0.29) is 25.9 Å². The van der Waals surface area contributed by atoms with Crippen molar-refractivity contribution >= 4 is 41.5 Å². The maximum atomic E-state index is 12.8. The number of aliphatic carboxylic acids is 3. The van der Waals surface area contributed by atoms with Gasteiger partial charge in [-0.2, -0.15) is 0 Å². The molecule has 10 N–H and O–H groups in total. The van der Waals surface area contributed by atoms with Crippen LogP contribution in [0.5, 0.6) is 0 Å². The fourth-order valence-electron chi connectivity index (χ4n) is 4.65. The number of hydrogen-bond acceptors (Lipinski definition) is 12. The molecule has 4 amide bonds. The second-order valence-corrected chi connectivity index (χ2v) is 10.8. The largest absolute Gasteiger partial charge is 0.480 e. The Balaban J connectivity index is 1.88. The van der Waals surface area contributed by atoms with Gasteiger partial charge in [-0.15, -0.1) is 0 Å². The zero-order valence-corrected chi connectivity index (χ0v) is 25.0. The van der Waals surface area contributed by atoms with Crippen LogP contribution in [0.1, 0.15) is 52.9 Å². The van der Waals surface area contributed by atoms with Crippen LogP contribution in [-0.4, -0.2) is 129 Å². The smallest absolute Gasteiger partial charge is 0.326 e. The Morgan fingerprint density at radius 3 is 2.09 bits per heavy atom. The van der Waals surface area contributed by atoms with Gasteiger partial charge in [-0.05, 0) is 39.5 Å². The van der Waals surface area contributed by atoms with Gasteiger partial charge < -0.3 is 61.6 Å². The predicted octanol–water partition coefficient (Wildman–Crippen LogP) is -3.61. The molecule has 10 atom stereocenters. The van der Waals surface area contributed by atoms with E-state index < -0.39 is 115 Å². The Bertz CT molecular complexity index is 1120. The lowest BCUT2D eigenvalue weighted by atomic mass is 9.98. The molecular formula is C26H41N5O14. The van der Waals surface area contributed by atoms with E-state index in [1.165, 1.54) is 20.8 Å². The number of nitrogens with one attached hydrogen (secondary N) is 4. The number of fused-ring (bicyclic) bond motifs is 2. The third-order valence-electron chi connectivity index (χ3n) is 7.18. The SMILES string of the molecule is CC(=O)N[C@H]1[C@@H]2OC[C@@H](O2)[C@@H](O)[C@@H]1O[C@H](C)C(=O)N[C@@H](C)C(=O)N[C@H](CCC(=O)N[C@@H](CCC[C@H](N)C(=O)O)C(=O)O)C(=O)O. The molecule has 2 rings (SSSR count). The van der Waals surface area contributed by atoms with E-state index in [1.807, 2.05) is 0 Å². The Morgan fingerprint density at radius 2 is 1.51 bits per heavy atom. The summed E-state index contributed by atoms with van der Waals surface area (Å²) in [4.78, 5) is 83.4. The molecule has 0 aromatic carbocycles. The highest BCUT2D eigenvalue weighted by Gasteiger charge is 2.52. The number of nitrogens with two attached hydrogens (primary N) is 1. The molecule has 0 radical (unpaired) electrons. The van der Waals surface area contributed by atoms with Crippen molar-refractivity contribution in [3.8, 4) is 0 Å². The number of amides is 4. The van der Waals surface area contributed by atoms with Crippen molar-refractivity contribution in [2.24, 2.45) is 5.73 Å². The summed E-state index contributed by atoms with van der Waals surface area (Å²) in [6.45, 7) is 3.92. The Kier molecular flexibility index (Phi) is 14.1. The highest BCUT2D eigenvalue weighted by atomic mass is 16.7. The maximum absolute atomic E-state index is 12.8. The average Bonchev–Trinajstić information content (AvgIpc) is 3.41. The molecule has 0 aliphatic carbocycles. The minimum absolute atomic E-state index is 0.0211. The monoisotopic (exact) mass is 647 g/mol. The summed E-state index contributed by atoms with van der Waals surface area (Å²) in [6, 6.07) is -6.32. The zero-order chi connectivity index (χ0) is 34.0. The number of ether oxygens (including phenoxy) is 3. The van der Waals surface area contributed by atoms with Gasteiger partial charge in [-0.25, -0.2) is 9.59 Å². The fraction of sp³-hybridized carbons (Fsp3) is 0.731. The number of carbonyl (C=O) groups excluding carboxylic acids is 4. The van der Waals surface area contributed by atoms with Gasteiger partial charge in [0, 0.05) is 13.3 Å². The lowest BCUT2D eigenvalue weighted by Crippen LogP contribution is -2.62. The number of aliphatic hydroxyl groups is 1. The number of hydrogen-bond donors (Lipinski definition) is 9. The minimum Gasteiger partial charge on any atom is -0.480 e. The number of aliphatic hydroxyl groups excluding tert-OH is 1. The second-order valence-electron chi connectivity index (χ2n) is 10.8. The van der Waals surface area contributed by atoms with Gasteiger partial charge in [0.05, 0.1) is 6.61 Å². The minimum atomic E-state index is -1.57. The van der Waals surface area contributed by atoms with E-state index in [1.54, 1.807) is 0 Å².